The molecule has 2 heterocycles. The molecular weight excluding hydrogens is 472 g/mol. The zero-order chi connectivity index (χ0) is 22.7. The van der Waals surface area contributed by atoms with Crippen LogP contribution in [0.25, 0.3) is 16.7 Å². The molecule has 4 aromatic rings. The maximum Gasteiger partial charge on any atom is 0.340 e. The van der Waals surface area contributed by atoms with E-state index in [4.69, 9.17) is 9.47 Å². The largest absolute Gasteiger partial charge is 0.465 e. The Morgan fingerprint density at radius 3 is 2.62 bits per heavy atom. The highest BCUT2D eigenvalue weighted by molar-refractivity contribution is 9.10. The average molecular weight is 493 g/mol. The summed E-state index contributed by atoms with van der Waals surface area (Å²) in [6, 6.07) is 17.7. The molecular formula is C24H21BrN4O3. The fourth-order valence-corrected chi connectivity index (χ4v) is 4.02. The number of fused-ring (bicyclic) bond motifs is 1. The van der Waals surface area contributed by atoms with Gasteiger partial charge in [-0.05, 0) is 65.7 Å². The van der Waals surface area contributed by atoms with Gasteiger partial charge in [0.05, 0.1) is 36.4 Å². The van der Waals surface area contributed by atoms with Gasteiger partial charge in [0.15, 0.2) is 0 Å². The number of rotatable bonds is 7. The summed E-state index contributed by atoms with van der Waals surface area (Å²) in [5.74, 6) is -0.389. The number of nitriles is 1. The number of imidazole rings is 1. The molecule has 0 fully saturated rings. The van der Waals surface area contributed by atoms with E-state index in [0.717, 1.165) is 15.7 Å². The predicted octanol–water partition coefficient (Wildman–Crippen LogP) is 5.08. The van der Waals surface area contributed by atoms with Gasteiger partial charge in [-0.3, -0.25) is 4.57 Å². The van der Waals surface area contributed by atoms with Gasteiger partial charge < -0.3 is 14.0 Å². The molecule has 0 saturated heterocycles. The van der Waals surface area contributed by atoms with Crippen LogP contribution in [0.15, 0.2) is 59.2 Å². The summed E-state index contributed by atoms with van der Waals surface area (Å²) in [5, 5.41) is 9.36. The third-order valence-corrected chi connectivity index (χ3v) is 5.39. The van der Waals surface area contributed by atoms with Gasteiger partial charge in [0, 0.05) is 16.4 Å². The minimum Gasteiger partial charge on any atom is -0.465 e. The van der Waals surface area contributed by atoms with E-state index >= 15 is 0 Å². The number of esters is 1. The van der Waals surface area contributed by atoms with Crippen LogP contribution < -0.4 is 4.74 Å². The van der Waals surface area contributed by atoms with Crippen molar-refractivity contribution in [2.45, 2.75) is 20.4 Å². The molecule has 8 heteroatoms. The van der Waals surface area contributed by atoms with E-state index < -0.39 is 0 Å². The molecule has 0 aliphatic heterocycles. The number of nitrogens with zero attached hydrogens (tertiary/aromatic N) is 4. The number of carbonyl (C=O) groups excluding carboxylic acids is 1. The minimum atomic E-state index is -0.389. The van der Waals surface area contributed by atoms with E-state index in [1.54, 1.807) is 25.1 Å². The molecule has 32 heavy (non-hydrogen) atoms. The van der Waals surface area contributed by atoms with Crippen molar-refractivity contribution in [2.75, 3.05) is 13.2 Å². The number of hydrogen-bond acceptors (Lipinski definition) is 5. The molecule has 7 nitrogen and oxygen atoms in total. The zero-order valence-electron chi connectivity index (χ0n) is 17.7. The van der Waals surface area contributed by atoms with E-state index in [2.05, 4.69) is 27.0 Å². The van der Waals surface area contributed by atoms with Gasteiger partial charge in [-0.15, -0.1) is 0 Å². The van der Waals surface area contributed by atoms with Gasteiger partial charge in [0.2, 0.25) is 0 Å². The second kappa shape index (κ2) is 9.28. The van der Waals surface area contributed by atoms with Crippen LogP contribution in [0.4, 0.5) is 0 Å². The molecule has 0 saturated carbocycles. The fourth-order valence-electron chi connectivity index (χ4n) is 3.60. The van der Waals surface area contributed by atoms with E-state index in [1.807, 2.05) is 52.6 Å². The zero-order valence-corrected chi connectivity index (χ0v) is 19.3. The van der Waals surface area contributed by atoms with Crippen molar-refractivity contribution in [3.63, 3.8) is 0 Å². The Balaban J connectivity index is 1.74. The monoisotopic (exact) mass is 492 g/mol. The smallest absolute Gasteiger partial charge is 0.340 e. The van der Waals surface area contributed by atoms with Gasteiger partial charge in [-0.2, -0.15) is 10.2 Å². The second-order valence-corrected chi connectivity index (χ2v) is 7.91. The third kappa shape index (κ3) is 4.12. The second-order valence-electron chi connectivity index (χ2n) is 7.00. The average Bonchev–Trinajstić information content (AvgIpc) is 3.34. The predicted molar refractivity (Wildman–Crippen MR) is 124 cm³/mol. The Labute approximate surface area is 193 Å². The van der Waals surface area contributed by atoms with Crippen LogP contribution in [0.3, 0.4) is 0 Å². The van der Waals surface area contributed by atoms with Crippen molar-refractivity contribution in [1.82, 2.24) is 14.1 Å². The normalized spacial score (nSPS) is 10.8. The topological polar surface area (TPSA) is 82.1 Å². The standard InChI is InChI=1S/C24H21BrN4O3/c1-3-31-23(30)20-6-5-7-21-22(20)29(24(27-21)32-4-2)14-16-8-10-18(11-9-16)28-15-17(25)12-19(28)13-26/h5-12,15H,3-4,14H2,1-2H3. The summed E-state index contributed by atoms with van der Waals surface area (Å²) in [6.45, 7) is 4.89. The Hall–Kier alpha value is -3.57. The van der Waals surface area contributed by atoms with Crippen molar-refractivity contribution in [3.05, 3.63) is 76.0 Å². The molecule has 0 radical (unpaired) electrons. The maximum absolute atomic E-state index is 12.6. The highest BCUT2D eigenvalue weighted by Gasteiger charge is 2.20. The molecule has 0 spiro atoms. The molecule has 0 aliphatic rings. The van der Waals surface area contributed by atoms with Crippen LogP contribution in [0.2, 0.25) is 0 Å². The minimum absolute atomic E-state index is 0.295. The molecule has 2 aromatic heterocycles. The molecule has 2 aromatic carbocycles. The third-order valence-electron chi connectivity index (χ3n) is 4.96. The van der Waals surface area contributed by atoms with E-state index in [0.29, 0.717) is 48.1 Å². The number of hydrogen-bond donors (Lipinski definition) is 0. The first-order valence-corrected chi connectivity index (χ1v) is 11.0. The highest BCUT2D eigenvalue weighted by Crippen LogP contribution is 2.27. The first kappa shape index (κ1) is 21.7. The SMILES string of the molecule is CCOC(=O)c1cccc2nc(OCC)n(Cc3ccc(-n4cc(Br)cc4C#N)cc3)c12. The molecule has 0 atom stereocenters. The van der Waals surface area contributed by atoms with Crippen molar-refractivity contribution >= 4 is 32.9 Å². The van der Waals surface area contributed by atoms with Crippen molar-refractivity contribution < 1.29 is 14.3 Å². The Morgan fingerprint density at radius 1 is 1.16 bits per heavy atom. The van der Waals surface area contributed by atoms with Gasteiger partial charge in [0.25, 0.3) is 6.01 Å². The van der Waals surface area contributed by atoms with Gasteiger partial charge in [-0.1, -0.05) is 18.2 Å². The lowest BCUT2D eigenvalue weighted by atomic mass is 10.1. The summed E-state index contributed by atoms with van der Waals surface area (Å²) < 4.78 is 15.6. The summed E-state index contributed by atoms with van der Waals surface area (Å²) in [5.41, 5.74) is 4.23. The number of para-hydroxylation sites is 1. The summed E-state index contributed by atoms with van der Waals surface area (Å²) in [6.07, 6.45) is 1.86. The van der Waals surface area contributed by atoms with Gasteiger partial charge in [0.1, 0.15) is 11.8 Å². The Morgan fingerprint density at radius 2 is 1.94 bits per heavy atom. The summed E-state index contributed by atoms with van der Waals surface area (Å²) >= 11 is 3.42. The van der Waals surface area contributed by atoms with Crippen LogP contribution in [-0.2, 0) is 11.3 Å². The lowest BCUT2D eigenvalue weighted by Crippen LogP contribution is -2.10. The van der Waals surface area contributed by atoms with Crippen LogP contribution in [-0.4, -0.2) is 33.3 Å². The Kier molecular flexibility index (Phi) is 6.28. The van der Waals surface area contributed by atoms with Crippen LogP contribution in [0, 0.1) is 11.3 Å². The lowest BCUT2D eigenvalue weighted by molar-refractivity contribution is 0.0528. The number of aromatic nitrogens is 3. The van der Waals surface area contributed by atoms with Crippen LogP contribution in [0.1, 0.15) is 35.5 Å². The molecule has 0 unspecified atom stereocenters. The van der Waals surface area contributed by atoms with Crippen LogP contribution >= 0.6 is 15.9 Å². The lowest BCUT2D eigenvalue weighted by Gasteiger charge is -2.12. The summed E-state index contributed by atoms with van der Waals surface area (Å²) in [7, 11) is 0. The van der Waals surface area contributed by atoms with Gasteiger partial charge >= 0.3 is 5.97 Å². The molecule has 0 amide bonds. The van der Waals surface area contributed by atoms with Crippen molar-refractivity contribution in [3.8, 4) is 17.8 Å². The van der Waals surface area contributed by atoms with Crippen molar-refractivity contribution in [1.29, 1.82) is 5.26 Å². The summed E-state index contributed by atoms with van der Waals surface area (Å²) in [4.78, 5) is 17.1. The number of halogens is 1. The fraction of sp³-hybridized carbons (Fsp3) is 0.208. The van der Waals surface area contributed by atoms with E-state index in [9.17, 15) is 10.1 Å². The Bertz CT molecular complexity index is 1320. The molecule has 0 aliphatic carbocycles. The van der Waals surface area contributed by atoms with Crippen LogP contribution in [0.5, 0.6) is 6.01 Å². The number of ether oxygens (including phenoxy) is 2. The van der Waals surface area contributed by atoms with Gasteiger partial charge in [-0.25, -0.2) is 4.79 Å². The molecule has 4 rings (SSSR count). The van der Waals surface area contributed by atoms with E-state index in [-0.39, 0.29) is 5.97 Å². The molecule has 0 N–H and O–H groups in total. The van der Waals surface area contributed by atoms with E-state index in [1.165, 1.54) is 0 Å². The first-order valence-electron chi connectivity index (χ1n) is 10.2. The maximum atomic E-state index is 12.6. The first-order chi connectivity index (χ1) is 15.5. The molecule has 0 bridgehead atoms. The quantitative estimate of drug-likeness (QED) is 0.335. The molecule has 162 valence electrons. The number of benzene rings is 2. The number of carbonyl (C=O) groups is 1. The van der Waals surface area contributed by atoms with Crippen molar-refractivity contribution in [2.24, 2.45) is 0 Å². The highest BCUT2D eigenvalue weighted by atomic mass is 79.9.